The Kier molecular flexibility index (Phi) is 6.54. The van der Waals surface area contributed by atoms with Crippen molar-refractivity contribution in [3.8, 4) is 0 Å². The second-order valence-electron chi connectivity index (χ2n) is 3.69. The molecular weight excluding hydrogens is 214 g/mol. The van der Waals surface area contributed by atoms with E-state index >= 15 is 0 Å². The molecule has 0 spiro atoms. The molecule has 0 aliphatic carbocycles. The summed E-state index contributed by atoms with van der Waals surface area (Å²) in [6.45, 7) is 3.37. The highest BCUT2D eigenvalue weighted by atomic mass is 35.5. The fraction of sp³-hybridized carbons (Fsp3) is 0.818. The molecule has 0 aromatic heterocycles. The zero-order valence-electron chi connectivity index (χ0n) is 8.97. The first kappa shape index (κ1) is 12.3. The largest absolute Gasteiger partial charge is 0.306 e. The molecule has 0 unspecified atom stereocenters. The summed E-state index contributed by atoms with van der Waals surface area (Å²) in [5.74, 6) is 1.05. The Morgan fingerprint density at radius 2 is 2.00 bits per heavy atom. The van der Waals surface area contributed by atoms with Crippen molar-refractivity contribution in [1.82, 2.24) is 4.31 Å². The van der Waals surface area contributed by atoms with Crippen LogP contribution in [0.2, 0.25) is 0 Å². The summed E-state index contributed by atoms with van der Waals surface area (Å²) < 4.78 is 2.21. The maximum atomic E-state index is 6.01. The van der Waals surface area contributed by atoms with Gasteiger partial charge in [-0.3, -0.25) is 0 Å². The SMILES string of the molecule is CCCCCCCCN1SCC=C1Cl. The summed E-state index contributed by atoms with van der Waals surface area (Å²) in [6.07, 6.45) is 10.2. The minimum Gasteiger partial charge on any atom is -0.306 e. The predicted octanol–water partition coefficient (Wildman–Crippen LogP) is 4.39. The molecule has 14 heavy (non-hydrogen) atoms. The van der Waals surface area contributed by atoms with E-state index < -0.39 is 0 Å². The van der Waals surface area contributed by atoms with E-state index in [4.69, 9.17) is 11.6 Å². The van der Waals surface area contributed by atoms with Gasteiger partial charge >= 0.3 is 0 Å². The van der Waals surface area contributed by atoms with Crippen LogP contribution in [0, 0.1) is 0 Å². The first-order valence-corrected chi connectivity index (χ1v) is 6.92. The first-order valence-electron chi connectivity index (χ1n) is 5.60. The first-order chi connectivity index (χ1) is 6.84. The molecule has 0 fully saturated rings. The van der Waals surface area contributed by atoms with Crippen LogP contribution in [0.1, 0.15) is 45.4 Å². The van der Waals surface area contributed by atoms with Crippen molar-refractivity contribution in [3.05, 3.63) is 11.2 Å². The number of rotatable bonds is 7. The van der Waals surface area contributed by atoms with E-state index in [2.05, 4.69) is 17.3 Å². The quantitative estimate of drug-likeness (QED) is 0.365. The van der Waals surface area contributed by atoms with Gasteiger partial charge in [-0.25, -0.2) is 0 Å². The normalized spacial score (nSPS) is 16.1. The van der Waals surface area contributed by atoms with Crippen molar-refractivity contribution in [2.24, 2.45) is 0 Å². The summed E-state index contributed by atoms with van der Waals surface area (Å²) in [6, 6.07) is 0. The van der Waals surface area contributed by atoms with Crippen LogP contribution in [0.3, 0.4) is 0 Å². The summed E-state index contributed by atoms with van der Waals surface area (Å²) in [5, 5.41) is 0.934. The Hall–Kier alpha value is 0.180. The molecule has 1 rings (SSSR count). The minimum atomic E-state index is 0.934. The van der Waals surface area contributed by atoms with Gasteiger partial charge in [-0.05, 0) is 24.4 Å². The zero-order valence-corrected chi connectivity index (χ0v) is 10.5. The second kappa shape index (κ2) is 7.47. The van der Waals surface area contributed by atoms with Gasteiger partial charge in [-0.1, -0.05) is 50.6 Å². The van der Waals surface area contributed by atoms with Crippen LogP contribution in [0.5, 0.6) is 0 Å². The molecular formula is C11H20ClNS. The van der Waals surface area contributed by atoms with Gasteiger partial charge in [-0.15, -0.1) is 0 Å². The fourth-order valence-electron chi connectivity index (χ4n) is 1.57. The lowest BCUT2D eigenvalue weighted by atomic mass is 10.1. The lowest BCUT2D eigenvalue weighted by molar-refractivity contribution is 0.532. The van der Waals surface area contributed by atoms with E-state index in [-0.39, 0.29) is 0 Å². The maximum absolute atomic E-state index is 6.01. The molecule has 0 N–H and O–H groups in total. The van der Waals surface area contributed by atoms with Crippen molar-refractivity contribution in [2.75, 3.05) is 12.3 Å². The standard InChI is InChI=1S/C11H20ClNS/c1-2-3-4-5-6-7-9-13-11(12)8-10-14-13/h8H,2-7,9-10H2,1H3. The smallest absolute Gasteiger partial charge is 0.111 e. The fourth-order valence-corrected chi connectivity index (χ4v) is 2.83. The van der Waals surface area contributed by atoms with Crippen molar-refractivity contribution in [3.63, 3.8) is 0 Å². The maximum Gasteiger partial charge on any atom is 0.111 e. The summed E-state index contributed by atoms with van der Waals surface area (Å²) >= 11 is 7.83. The monoisotopic (exact) mass is 233 g/mol. The molecule has 0 saturated carbocycles. The van der Waals surface area contributed by atoms with Gasteiger partial charge in [0.15, 0.2) is 0 Å². The Bertz CT molecular complexity index is 182. The van der Waals surface area contributed by atoms with E-state index in [9.17, 15) is 0 Å². The van der Waals surface area contributed by atoms with Crippen LogP contribution in [-0.4, -0.2) is 16.6 Å². The second-order valence-corrected chi connectivity index (χ2v) is 5.11. The van der Waals surface area contributed by atoms with E-state index in [1.807, 2.05) is 11.9 Å². The topological polar surface area (TPSA) is 3.24 Å². The minimum absolute atomic E-state index is 0.934. The van der Waals surface area contributed by atoms with Crippen LogP contribution in [0.25, 0.3) is 0 Å². The lowest BCUT2D eigenvalue weighted by Gasteiger charge is -2.16. The zero-order chi connectivity index (χ0) is 10.2. The molecule has 3 heteroatoms. The molecule has 0 radical (unpaired) electrons. The van der Waals surface area contributed by atoms with Crippen LogP contribution >= 0.6 is 23.5 Å². The molecule has 0 atom stereocenters. The van der Waals surface area contributed by atoms with E-state index in [0.717, 1.165) is 17.5 Å². The van der Waals surface area contributed by atoms with Crippen molar-refractivity contribution in [1.29, 1.82) is 0 Å². The Morgan fingerprint density at radius 3 is 2.64 bits per heavy atom. The lowest BCUT2D eigenvalue weighted by Crippen LogP contribution is -2.09. The summed E-state index contributed by atoms with van der Waals surface area (Å²) in [7, 11) is 0. The molecule has 0 saturated heterocycles. The Morgan fingerprint density at radius 1 is 1.29 bits per heavy atom. The molecule has 0 aromatic carbocycles. The van der Waals surface area contributed by atoms with Gasteiger partial charge in [0.05, 0.1) is 0 Å². The highest BCUT2D eigenvalue weighted by Gasteiger charge is 2.12. The summed E-state index contributed by atoms with van der Waals surface area (Å²) in [5.41, 5.74) is 0. The van der Waals surface area contributed by atoms with E-state index in [1.54, 1.807) is 0 Å². The number of halogens is 1. The molecule has 0 aromatic rings. The van der Waals surface area contributed by atoms with Gasteiger partial charge in [0.1, 0.15) is 5.16 Å². The number of unbranched alkanes of at least 4 members (excludes halogenated alkanes) is 5. The van der Waals surface area contributed by atoms with Crippen molar-refractivity contribution in [2.45, 2.75) is 45.4 Å². The number of nitrogens with zero attached hydrogens (tertiary/aromatic N) is 1. The van der Waals surface area contributed by atoms with Crippen molar-refractivity contribution >= 4 is 23.5 Å². The van der Waals surface area contributed by atoms with E-state index in [1.165, 1.54) is 38.5 Å². The van der Waals surface area contributed by atoms with E-state index in [0.29, 0.717) is 0 Å². The highest BCUT2D eigenvalue weighted by molar-refractivity contribution is 7.97. The number of hydrogen-bond acceptors (Lipinski definition) is 2. The molecule has 1 aliphatic heterocycles. The Labute approximate surface area is 97.0 Å². The molecule has 0 bridgehead atoms. The molecule has 1 aliphatic rings. The Balaban J connectivity index is 1.91. The summed E-state index contributed by atoms with van der Waals surface area (Å²) in [4.78, 5) is 0. The average Bonchev–Trinajstić information content (AvgIpc) is 2.58. The molecule has 82 valence electrons. The third kappa shape index (κ3) is 4.61. The third-order valence-electron chi connectivity index (χ3n) is 2.44. The third-order valence-corrected chi connectivity index (χ3v) is 3.90. The predicted molar refractivity (Wildman–Crippen MR) is 66.5 cm³/mol. The molecule has 1 heterocycles. The highest BCUT2D eigenvalue weighted by Crippen LogP contribution is 2.28. The van der Waals surface area contributed by atoms with Gasteiger partial charge in [0.2, 0.25) is 0 Å². The molecule has 1 nitrogen and oxygen atoms in total. The van der Waals surface area contributed by atoms with Gasteiger partial charge < -0.3 is 4.31 Å². The van der Waals surface area contributed by atoms with Gasteiger partial charge in [0.25, 0.3) is 0 Å². The van der Waals surface area contributed by atoms with Crippen molar-refractivity contribution < 1.29 is 0 Å². The van der Waals surface area contributed by atoms with Crippen LogP contribution in [-0.2, 0) is 0 Å². The van der Waals surface area contributed by atoms with Crippen LogP contribution in [0.15, 0.2) is 11.2 Å². The van der Waals surface area contributed by atoms with Crippen LogP contribution < -0.4 is 0 Å². The number of hydrogen-bond donors (Lipinski definition) is 0. The van der Waals surface area contributed by atoms with Crippen LogP contribution in [0.4, 0.5) is 0 Å². The van der Waals surface area contributed by atoms with Gasteiger partial charge in [0, 0.05) is 12.3 Å². The van der Waals surface area contributed by atoms with Gasteiger partial charge in [-0.2, -0.15) is 0 Å². The average molecular weight is 234 g/mol. The molecule has 0 amide bonds.